The molecule has 1 aliphatic heterocycles. The first-order chi connectivity index (χ1) is 16.0. The number of nitrogens with zero attached hydrogens (tertiary/aromatic N) is 5. The van der Waals surface area contributed by atoms with Gasteiger partial charge in [-0.1, -0.05) is 42.8 Å². The predicted molar refractivity (Wildman–Crippen MR) is 132 cm³/mol. The molecule has 0 spiro atoms. The summed E-state index contributed by atoms with van der Waals surface area (Å²) in [7, 11) is 1.64. The van der Waals surface area contributed by atoms with Crippen LogP contribution in [0, 0.1) is 0 Å². The summed E-state index contributed by atoms with van der Waals surface area (Å²) in [5, 5.41) is 6.64. The Morgan fingerprint density at radius 1 is 1.06 bits per heavy atom. The van der Waals surface area contributed by atoms with Gasteiger partial charge in [0.2, 0.25) is 5.91 Å². The van der Waals surface area contributed by atoms with Crippen molar-refractivity contribution in [1.82, 2.24) is 19.2 Å². The zero-order valence-electron chi connectivity index (χ0n) is 18.7. The van der Waals surface area contributed by atoms with E-state index < -0.39 is 6.04 Å². The number of amides is 1. The molecule has 4 aromatic rings. The van der Waals surface area contributed by atoms with Gasteiger partial charge < -0.3 is 14.4 Å². The maximum atomic E-state index is 13.7. The van der Waals surface area contributed by atoms with Crippen LogP contribution in [0.1, 0.15) is 19.4 Å². The van der Waals surface area contributed by atoms with E-state index in [4.69, 9.17) is 11.6 Å². The number of halogens is 1. The van der Waals surface area contributed by atoms with E-state index in [2.05, 4.69) is 10.00 Å². The van der Waals surface area contributed by atoms with Crippen LogP contribution in [-0.2, 0) is 11.8 Å². The number of benzene rings is 2. The van der Waals surface area contributed by atoms with Crippen molar-refractivity contribution in [3.8, 4) is 0 Å². The third-order valence-electron chi connectivity index (χ3n) is 6.55. The van der Waals surface area contributed by atoms with E-state index in [1.807, 2.05) is 64.9 Å². The number of hydrogen-bond acceptors (Lipinski definition) is 4. The SMILES string of the molecule is CCC(C(=O)N1CCN(c2cccc(Cl)c2)CC1)n1c2ccccc2c2cnn(C)c(=O)c21. The second-order valence-corrected chi connectivity index (χ2v) is 8.88. The maximum Gasteiger partial charge on any atom is 0.291 e. The second kappa shape index (κ2) is 8.56. The summed E-state index contributed by atoms with van der Waals surface area (Å²) in [6.07, 6.45) is 2.31. The van der Waals surface area contributed by atoms with Gasteiger partial charge in [0.1, 0.15) is 11.6 Å². The van der Waals surface area contributed by atoms with Crippen molar-refractivity contribution in [2.24, 2.45) is 7.05 Å². The number of piperazine rings is 1. The van der Waals surface area contributed by atoms with E-state index in [0.717, 1.165) is 35.1 Å². The van der Waals surface area contributed by atoms with Gasteiger partial charge in [0.15, 0.2) is 0 Å². The van der Waals surface area contributed by atoms with Gasteiger partial charge in [-0.05, 0) is 30.7 Å². The quantitative estimate of drug-likeness (QED) is 0.461. The second-order valence-electron chi connectivity index (χ2n) is 8.44. The molecule has 170 valence electrons. The summed E-state index contributed by atoms with van der Waals surface area (Å²) in [5.41, 5.74) is 2.29. The highest BCUT2D eigenvalue weighted by molar-refractivity contribution is 6.30. The Morgan fingerprint density at radius 2 is 1.82 bits per heavy atom. The van der Waals surface area contributed by atoms with E-state index in [9.17, 15) is 9.59 Å². The molecule has 2 aromatic carbocycles. The highest BCUT2D eigenvalue weighted by Gasteiger charge is 2.30. The van der Waals surface area contributed by atoms with Gasteiger partial charge in [-0.25, -0.2) is 4.68 Å². The number of carbonyl (C=O) groups is 1. The fourth-order valence-electron chi connectivity index (χ4n) is 4.85. The van der Waals surface area contributed by atoms with E-state index in [0.29, 0.717) is 30.0 Å². The first-order valence-corrected chi connectivity index (χ1v) is 11.6. The molecule has 2 aromatic heterocycles. The summed E-state index contributed by atoms with van der Waals surface area (Å²) >= 11 is 6.15. The maximum absolute atomic E-state index is 13.7. The molecule has 8 heteroatoms. The summed E-state index contributed by atoms with van der Waals surface area (Å²) in [6.45, 7) is 4.72. The van der Waals surface area contributed by atoms with Crippen LogP contribution in [0.5, 0.6) is 0 Å². The Bertz CT molecular complexity index is 1400. The van der Waals surface area contributed by atoms with Crippen LogP contribution in [-0.4, -0.2) is 51.3 Å². The van der Waals surface area contributed by atoms with Gasteiger partial charge in [0, 0.05) is 54.7 Å². The molecule has 1 unspecified atom stereocenters. The smallest absolute Gasteiger partial charge is 0.291 e. The van der Waals surface area contributed by atoms with Crippen LogP contribution in [0.3, 0.4) is 0 Å². The molecule has 0 aliphatic carbocycles. The summed E-state index contributed by atoms with van der Waals surface area (Å²) < 4.78 is 3.26. The standard InChI is InChI=1S/C25H26ClN5O2/c1-3-21(24(32)30-13-11-29(12-14-30)18-8-6-7-17(26)15-18)31-22-10-5-4-9-19(22)20-16-27-28(2)25(33)23(20)31/h4-10,15-16,21H,3,11-14H2,1-2H3. The highest BCUT2D eigenvalue weighted by atomic mass is 35.5. The van der Waals surface area contributed by atoms with E-state index in [-0.39, 0.29) is 11.5 Å². The van der Waals surface area contributed by atoms with Crippen molar-refractivity contribution in [3.05, 3.63) is 70.1 Å². The monoisotopic (exact) mass is 463 g/mol. The molecule has 33 heavy (non-hydrogen) atoms. The number of aryl methyl sites for hydroxylation is 1. The number of hydrogen-bond donors (Lipinski definition) is 0. The van der Waals surface area contributed by atoms with Crippen molar-refractivity contribution >= 4 is 45.0 Å². The van der Waals surface area contributed by atoms with Crippen molar-refractivity contribution in [2.75, 3.05) is 31.1 Å². The minimum Gasteiger partial charge on any atom is -0.368 e. The minimum atomic E-state index is -0.458. The Morgan fingerprint density at radius 3 is 2.55 bits per heavy atom. The lowest BCUT2D eigenvalue weighted by Gasteiger charge is -2.38. The van der Waals surface area contributed by atoms with Crippen LogP contribution >= 0.6 is 11.6 Å². The number of anilines is 1. The number of rotatable bonds is 4. The summed E-state index contributed by atoms with van der Waals surface area (Å²) in [4.78, 5) is 31.0. The van der Waals surface area contributed by atoms with Crippen molar-refractivity contribution in [2.45, 2.75) is 19.4 Å². The third-order valence-corrected chi connectivity index (χ3v) is 6.79. The fraction of sp³-hybridized carbons (Fsp3) is 0.320. The van der Waals surface area contributed by atoms with Crippen molar-refractivity contribution < 1.29 is 4.79 Å². The number of para-hydroxylation sites is 1. The van der Waals surface area contributed by atoms with Crippen molar-refractivity contribution in [1.29, 1.82) is 0 Å². The number of carbonyl (C=O) groups excluding carboxylic acids is 1. The van der Waals surface area contributed by atoms with Gasteiger partial charge in [-0.3, -0.25) is 9.59 Å². The molecule has 1 fully saturated rings. The largest absolute Gasteiger partial charge is 0.368 e. The summed E-state index contributed by atoms with van der Waals surface area (Å²) in [6, 6.07) is 15.2. The molecular weight excluding hydrogens is 438 g/mol. The molecule has 5 rings (SSSR count). The lowest BCUT2D eigenvalue weighted by atomic mass is 10.1. The molecule has 1 atom stereocenters. The lowest BCUT2D eigenvalue weighted by molar-refractivity contribution is -0.135. The van der Waals surface area contributed by atoms with Crippen LogP contribution in [0.2, 0.25) is 5.02 Å². The van der Waals surface area contributed by atoms with Crippen LogP contribution in [0.15, 0.2) is 59.5 Å². The van der Waals surface area contributed by atoms with E-state index >= 15 is 0 Å². The Hall–Kier alpha value is -3.32. The van der Waals surface area contributed by atoms with Crippen molar-refractivity contribution in [3.63, 3.8) is 0 Å². The molecule has 0 N–H and O–H groups in total. The fourth-order valence-corrected chi connectivity index (χ4v) is 5.03. The molecule has 0 saturated carbocycles. The Balaban J connectivity index is 1.49. The first kappa shape index (κ1) is 21.5. The Labute approximate surface area is 196 Å². The molecule has 0 bridgehead atoms. The normalized spacial score (nSPS) is 15.4. The van der Waals surface area contributed by atoms with E-state index in [1.165, 1.54) is 4.68 Å². The van der Waals surface area contributed by atoms with Crippen LogP contribution in [0.25, 0.3) is 21.8 Å². The van der Waals surface area contributed by atoms with Crippen LogP contribution in [0.4, 0.5) is 5.69 Å². The molecule has 1 saturated heterocycles. The van der Waals surface area contributed by atoms with Gasteiger partial charge in [0.05, 0.1) is 11.7 Å². The van der Waals surface area contributed by atoms with Gasteiger partial charge in [-0.15, -0.1) is 0 Å². The molecule has 3 heterocycles. The van der Waals surface area contributed by atoms with Crippen LogP contribution < -0.4 is 10.5 Å². The molecule has 0 radical (unpaired) electrons. The predicted octanol–water partition coefficient (Wildman–Crippen LogP) is 3.84. The topological polar surface area (TPSA) is 63.4 Å². The zero-order chi connectivity index (χ0) is 23.1. The average molecular weight is 464 g/mol. The molecule has 1 amide bonds. The zero-order valence-corrected chi connectivity index (χ0v) is 19.5. The molecular formula is C25H26ClN5O2. The molecule has 7 nitrogen and oxygen atoms in total. The third kappa shape index (κ3) is 3.66. The Kier molecular flexibility index (Phi) is 5.58. The average Bonchev–Trinajstić information content (AvgIpc) is 3.17. The summed E-state index contributed by atoms with van der Waals surface area (Å²) in [5.74, 6) is 0.0461. The lowest BCUT2D eigenvalue weighted by Crippen LogP contribution is -2.50. The number of fused-ring (bicyclic) bond motifs is 3. The molecule has 1 aliphatic rings. The first-order valence-electron chi connectivity index (χ1n) is 11.2. The minimum absolute atomic E-state index is 0.0461. The highest BCUT2D eigenvalue weighted by Crippen LogP contribution is 2.32. The van der Waals surface area contributed by atoms with Gasteiger partial charge in [0.25, 0.3) is 5.56 Å². The number of aromatic nitrogens is 3. The van der Waals surface area contributed by atoms with Gasteiger partial charge in [-0.2, -0.15) is 5.10 Å². The van der Waals surface area contributed by atoms with E-state index in [1.54, 1.807) is 13.2 Å². The van der Waals surface area contributed by atoms with Gasteiger partial charge >= 0.3 is 0 Å².